The minimum Gasteiger partial charge on any atom is -0.506 e. The van der Waals surface area contributed by atoms with Gasteiger partial charge in [0.05, 0.1) is 7.11 Å². The molecule has 0 amide bonds. The lowest BCUT2D eigenvalue weighted by atomic mass is 9.94. The standard InChI is InChI=1S/C11H7IO4/c1-16-5-2-3-6-7(4-5)9(13)8(12)11(15)10(6)14/h2-4,13H,1H3. The lowest BCUT2D eigenvalue weighted by Gasteiger charge is -2.15. The highest BCUT2D eigenvalue weighted by Crippen LogP contribution is 2.33. The van der Waals surface area contributed by atoms with Gasteiger partial charge in [-0.15, -0.1) is 0 Å². The van der Waals surface area contributed by atoms with Crippen molar-refractivity contribution in [1.82, 2.24) is 0 Å². The van der Waals surface area contributed by atoms with Crippen LogP contribution >= 0.6 is 22.6 Å². The van der Waals surface area contributed by atoms with Crippen molar-refractivity contribution < 1.29 is 19.4 Å². The molecule has 0 fully saturated rings. The van der Waals surface area contributed by atoms with Crippen molar-refractivity contribution in [2.75, 3.05) is 7.11 Å². The number of halogens is 1. The SMILES string of the molecule is COc1ccc2c(c1)C(O)=C(I)C(=O)C2=O. The van der Waals surface area contributed by atoms with Gasteiger partial charge in [0, 0.05) is 11.1 Å². The molecule has 1 aliphatic carbocycles. The Morgan fingerprint density at radius 1 is 1.19 bits per heavy atom. The van der Waals surface area contributed by atoms with Crippen LogP contribution in [0, 0.1) is 0 Å². The molecule has 16 heavy (non-hydrogen) atoms. The van der Waals surface area contributed by atoms with E-state index in [4.69, 9.17) is 4.74 Å². The number of carbonyl (C=O) groups is 2. The van der Waals surface area contributed by atoms with Crippen LogP contribution in [0.3, 0.4) is 0 Å². The molecule has 1 aromatic carbocycles. The van der Waals surface area contributed by atoms with E-state index in [0.717, 1.165) is 0 Å². The van der Waals surface area contributed by atoms with Crippen LogP contribution in [-0.4, -0.2) is 23.8 Å². The van der Waals surface area contributed by atoms with E-state index in [1.807, 2.05) is 0 Å². The minimum atomic E-state index is -0.671. The third-order valence-corrected chi connectivity index (χ3v) is 3.34. The summed E-state index contributed by atoms with van der Waals surface area (Å²) >= 11 is 1.66. The molecule has 2 rings (SSSR count). The van der Waals surface area contributed by atoms with Gasteiger partial charge in [-0.1, -0.05) is 0 Å². The van der Waals surface area contributed by atoms with Gasteiger partial charge in [-0.3, -0.25) is 9.59 Å². The summed E-state index contributed by atoms with van der Waals surface area (Å²) in [5.74, 6) is -0.911. The van der Waals surface area contributed by atoms with Crippen molar-refractivity contribution in [3.05, 3.63) is 32.9 Å². The Morgan fingerprint density at radius 2 is 1.88 bits per heavy atom. The number of aliphatic hydroxyl groups is 1. The second-order valence-corrected chi connectivity index (χ2v) is 4.31. The van der Waals surface area contributed by atoms with E-state index in [1.54, 1.807) is 28.7 Å². The molecule has 0 spiro atoms. The lowest BCUT2D eigenvalue weighted by molar-refractivity contribution is -0.111. The fraction of sp³-hybridized carbons (Fsp3) is 0.0909. The number of aliphatic hydroxyl groups excluding tert-OH is 1. The largest absolute Gasteiger partial charge is 0.506 e. The van der Waals surface area contributed by atoms with Gasteiger partial charge in [0.25, 0.3) is 0 Å². The van der Waals surface area contributed by atoms with Gasteiger partial charge in [-0.25, -0.2) is 0 Å². The van der Waals surface area contributed by atoms with Crippen LogP contribution in [0.4, 0.5) is 0 Å². The fourth-order valence-electron chi connectivity index (χ4n) is 1.49. The molecule has 0 atom stereocenters. The van der Waals surface area contributed by atoms with Crippen molar-refractivity contribution in [2.45, 2.75) is 0 Å². The summed E-state index contributed by atoms with van der Waals surface area (Å²) in [6, 6.07) is 4.59. The molecular formula is C11H7IO4. The summed E-state index contributed by atoms with van der Waals surface area (Å²) in [5.41, 5.74) is 0.553. The quantitative estimate of drug-likeness (QED) is 0.633. The molecule has 0 saturated carbocycles. The van der Waals surface area contributed by atoms with Crippen molar-refractivity contribution in [2.24, 2.45) is 0 Å². The maximum atomic E-state index is 11.6. The van der Waals surface area contributed by atoms with Crippen LogP contribution < -0.4 is 4.74 Å². The maximum absolute atomic E-state index is 11.6. The number of hydrogen-bond acceptors (Lipinski definition) is 4. The number of methoxy groups -OCH3 is 1. The van der Waals surface area contributed by atoms with Crippen LogP contribution in [0.5, 0.6) is 5.75 Å². The lowest BCUT2D eigenvalue weighted by Crippen LogP contribution is -2.21. The molecule has 0 heterocycles. The number of Topliss-reactive ketones (excluding diaryl/α,β-unsaturated/α-hetero) is 2. The zero-order valence-corrected chi connectivity index (χ0v) is 10.4. The monoisotopic (exact) mass is 330 g/mol. The Hall–Kier alpha value is -1.37. The first-order valence-electron chi connectivity index (χ1n) is 4.42. The first-order chi connectivity index (χ1) is 7.56. The van der Waals surface area contributed by atoms with Crippen LogP contribution in [0.2, 0.25) is 0 Å². The van der Waals surface area contributed by atoms with Gasteiger partial charge in [-0.05, 0) is 40.8 Å². The van der Waals surface area contributed by atoms with Gasteiger partial charge < -0.3 is 9.84 Å². The fourth-order valence-corrected chi connectivity index (χ4v) is 2.03. The van der Waals surface area contributed by atoms with Crippen molar-refractivity contribution in [3.63, 3.8) is 0 Å². The highest BCUT2D eigenvalue weighted by molar-refractivity contribution is 14.1. The molecule has 0 aromatic heterocycles. The highest BCUT2D eigenvalue weighted by atomic mass is 127. The first kappa shape index (κ1) is 11.1. The maximum Gasteiger partial charge on any atom is 0.243 e. The number of rotatable bonds is 1. The number of ether oxygens (including phenoxy) is 1. The van der Waals surface area contributed by atoms with Gasteiger partial charge in [0.1, 0.15) is 15.1 Å². The molecular weight excluding hydrogens is 323 g/mol. The molecule has 82 valence electrons. The second-order valence-electron chi connectivity index (χ2n) is 3.23. The third-order valence-electron chi connectivity index (χ3n) is 2.34. The molecule has 0 unspecified atom stereocenters. The topological polar surface area (TPSA) is 63.6 Å². The zero-order chi connectivity index (χ0) is 11.9. The van der Waals surface area contributed by atoms with E-state index in [2.05, 4.69) is 0 Å². The van der Waals surface area contributed by atoms with Crippen LogP contribution in [-0.2, 0) is 4.79 Å². The highest BCUT2D eigenvalue weighted by Gasteiger charge is 2.31. The zero-order valence-electron chi connectivity index (χ0n) is 8.28. The number of hydrogen-bond donors (Lipinski definition) is 1. The second kappa shape index (κ2) is 3.89. The van der Waals surface area contributed by atoms with Gasteiger partial charge in [0.2, 0.25) is 11.6 Å². The summed E-state index contributed by atoms with van der Waals surface area (Å²) < 4.78 is 5.04. The number of ketones is 2. The molecule has 1 aliphatic rings. The van der Waals surface area contributed by atoms with E-state index >= 15 is 0 Å². The summed E-state index contributed by atoms with van der Waals surface area (Å²) in [7, 11) is 1.49. The molecule has 1 N–H and O–H groups in total. The minimum absolute atomic E-state index is 0.0448. The molecule has 0 bridgehead atoms. The van der Waals surface area contributed by atoms with Crippen LogP contribution in [0.1, 0.15) is 15.9 Å². The number of carbonyl (C=O) groups excluding carboxylic acids is 2. The van der Waals surface area contributed by atoms with Crippen LogP contribution in [0.15, 0.2) is 21.8 Å². The van der Waals surface area contributed by atoms with Gasteiger partial charge >= 0.3 is 0 Å². The molecule has 1 aromatic rings. The van der Waals surface area contributed by atoms with E-state index in [-0.39, 0.29) is 14.9 Å². The Kier molecular flexibility index (Phi) is 2.71. The smallest absolute Gasteiger partial charge is 0.243 e. The molecule has 4 nitrogen and oxygen atoms in total. The molecule has 5 heteroatoms. The van der Waals surface area contributed by atoms with Gasteiger partial charge in [0.15, 0.2) is 0 Å². The Bertz CT molecular complexity index is 531. The Morgan fingerprint density at radius 3 is 2.50 bits per heavy atom. The number of allylic oxidation sites excluding steroid dienone is 1. The summed E-state index contributed by atoms with van der Waals surface area (Å²) in [6.07, 6.45) is 0. The normalized spacial score (nSPS) is 15.1. The molecule has 0 radical (unpaired) electrons. The Labute approximate surface area is 105 Å². The Balaban J connectivity index is 2.71. The van der Waals surface area contributed by atoms with Crippen molar-refractivity contribution in [1.29, 1.82) is 0 Å². The average Bonchev–Trinajstić information content (AvgIpc) is 2.33. The van der Waals surface area contributed by atoms with E-state index < -0.39 is 11.6 Å². The predicted molar refractivity (Wildman–Crippen MR) is 65.9 cm³/mol. The summed E-state index contributed by atoms with van der Waals surface area (Å²) in [5, 5.41) is 9.78. The predicted octanol–water partition coefficient (Wildman–Crippen LogP) is 2.12. The van der Waals surface area contributed by atoms with Crippen molar-refractivity contribution >= 4 is 39.9 Å². The van der Waals surface area contributed by atoms with Gasteiger partial charge in [-0.2, -0.15) is 0 Å². The molecule has 0 aliphatic heterocycles. The number of fused-ring (bicyclic) bond motifs is 1. The summed E-state index contributed by atoms with van der Waals surface area (Å²) in [4.78, 5) is 23.1. The van der Waals surface area contributed by atoms with Crippen LogP contribution in [0.25, 0.3) is 5.76 Å². The van der Waals surface area contributed by atoms with E-state index in [0.29, 0.717) is 11.3 Å². The van der Waals surface area contributed by atoms with E-state index in [9.17, 15) is 14.7 Å². The van der Waals surface area contributed by atoms with Crippen molar-refractivity contribution in [3.8, 4) is 5.75 Å². The molecule has 0 saturated heterocycles. The summed E-state index contributed by atoms with van der Waals surface area (Å²) in [6.45, 7) is 0. The first-order valence-corrected chi connectivity index (χ1v) is 5.50. The average molecular weight is 330 g/mol. The number of benzene rings is 1. The van der Waals surface area contributed by atoms with E-state index in [1.165, 1.54) is 19.2 Å². The third kappa shape index (κ3) is 1.51.